The number of rotatable bonds is 5. The lowest BCUT2D eigenvalue weighted by atomic mass is 10.2. The van der Waals surface area contributed by atoms with Gasteiger partial charge in [0.2, 0.25) is 0 Å². The summed E-state index contributed by atoms with van der Waals surface area (Å²) in [7, 11) is 3.76. The summed E-state index contributed by atoms with van der Waals surface area (Å²) in [6.07, 6.45) is 0. The molecule has 0 saturated carbocycles. The first-order valence-corrected chi connectivity index (χ1v) is 5.10. The van der Waals surface area contributed by atoms with Gasteiger partial charge in [0.1, 0.15) is 5.75 Å². The molecule has 0 aliphatic rings. The number of phenols is 1. The molecule has 3 heteroatoms. The number of hydrogen-bond acceptors (Lipinski definition) is 3. The van der Waals surface area contributed by atoms with Crippen LogP contribution in [0.5, 0.6) is 5.75 Å². The fourth-order valence-corrected chi connectivity index (χ4v) is 1.47. The lowest BCUT2D eigenvalue weighted by Crippen LogP contribution is -2.32. The Labute approximate surface area is 91.3 Å². The van der Waals surface area contributed by atoms with Gasteiger partial charge in [-0.2, -0.15) is 0 Å². The van der Waals surface area contributed by atoms with E-state index >= 15 is 0 Å². The fraction of sp³-hybridized carbons (Fsp3) is 0.500. The first-order chi connectivity index (χ1) is 7.13. The van der Waals surface area contributed by atoms with Crippen molar-refractivity contribution in [3.63, 3.8) is 0 Å². The molecule has 1 unspecified atom stereocenters. The van der Waals surface area contributed by atoms with Gasteiger partial charge in [0, 0.05) is 19.7 Å². The summed E-state index contributed by atoms with van der Waals surface area (Å²) in [5.41, 5.74) is 1.11. The quantitative estimate of drug-likeness (QED) is 0.803. The van der Waals surface area contributed by atoms with Gasteiger partial charge in [-0.25, -0.2) is 0 Å². The molecule has 0 aliphatic carbocycles. The number of likely N-dealkylation sites (N-methyl/N-ethyl adjacent to an activating group) is 1. The van der Waals surface area contributed by atoms with Crippen molar-refractivity contribution >= 4 is 0 Å². The largest absolute Gasteiger partial charge is 0.508 e. The average molecular weight is 209 g/mol. The molecule has 1 atom stereocenters. The second kappa shape index (κ2) is 5.73. The number of nitrogens with zero attached hydrogens (tertiary/aromatic N) is 1. The highest BCUT2D eigenvalue weighted by Crippen LogP contribution is 2.13. The molecule has 0 spiro atoms. The van der Waals surface area contributed by atoms with Crippen molar-refractivity contribution in [3.05, 3.63) is 29.8 Å². The van der Waals surface area contributed by atoms with E-state index in [1.807, 2.05) is 19.2 Å². The standard InChI is InChI=1S/C12H19NO2/c1-10(9-15-3)13(2)8-11-5-4-6-12(14)7-11/h4-7,10,14H,8-9H2,1-3H3. The van der Waals surface area contributed by atoms with E-state index in [0.29, 0.717) is 11.8 Å². The summed E-state index contributed by atoms with van der Waals surface area (Å²) in [6, 6.07) is 7.71. The topological polar surface area (TPSA) is 32.7 Å². The Morgan fingerprint density at radius 3 is 2.80 bits per heavy atom. The third kappa shape index (κ3) is 3.90. The van der Waals surface area contributed by atoms with Gasteiger partial charge in [-0.05, 0) is 31.7 Å². The molecule has 0 aliphatic heterocycles. The number of methoxy groups -OCH3 is 1. The zero-order valence-corrected chi connectivity index (χ0v) is 9.60. The first-order valence-electron chi connectivity index (χ1n) is 5.10. The third-order valence-electron chi connectivity index (χ3n) is 2.50. The van der Waals surface area contributed by atoms with E-state index < -0.39 is 0 Å². The summed E-state index contributed by atoms with van der Waals surface area (Å²) in [5, 5.41) is 9.32. The molecular weight excluding hydrogens is 190 g/mol. The molecule has 1 aromatic carbocycles. The summed E-state index contributed by atoms with van der Waals surface area (Å²) in [5.74, 6) is 0.320. The zero-order valence-electron chi connectivity index (χ0n) is 9.60. The van der Waals surface area contributed by atoms with Gasteiger partial charge in [-0.1, -0.05) is 12.1 Å². The molecule has 0 saturated heterocycles. The molecule has 84 valence electrons. The van der Waals surface area contributed by atoms with E-state index in [1.54, 1.807) is 19.2 Å². The Hall–Kier alpha value is -1.06. The summed E-state index contributed by atoms with van der Waals surface area (Å²) < 4.78 is 5.10. The molecule has 0 bridgehead atoms. The summed E-state index contributed by atoms with van der Waals surface area (Å²) in [4.78, 5) is 2.19. The van der Waals surface area contributed by atoms with Crippen LogP contribution in [0.15, 0.2) is 24.3 Å². The monoisotopic (exact) mass is 209 g/mol. The van der Waals surface area contributed by atoms with Crippen molar-refractivity contribution in [1.82, 2.24) is 4.90 Å². The molecule has 0 aromatic heterocycles. The second-order valence-electron chi connectivity index (χ2n) is 3.89. The minimum Gasteiger partial charge on any atom is -0.508 e. The number of aromatic hydroxyl groups is 1. The van der Waals surface area contributed by atoms with Crippen LogP contribution < -0.4 is 0 Å². The molecule has 15 heavy (non-hydrogen) atoms. The van der Waals surface area contributed by atoms with E-state index in [-0.39, 0.29) is 0 Å². The van der Waals surface area contributed by atoms with Crippen molar-refractivity contribution in [2.45, 2.75) is 19.5 Å². The molecule has 0 amide bonds. The van der Waals surface area contributed by atoms with E-state index in [9.17, 15) is 5.11 Å². The van der Waals surface area contributed by atoms with Crippen molar-refractivity contribution in [1.29, 1.82) is 0 Å². The maximum atomic E-state index is 9.32. The SMILES string of the molecule is COCC(C)N(C)Cc1cccc(O)c1. The van der Waals surface area contributed by atoms with Crippen LogP contribution in [0.25, 0.3) is 0 Å². The van der Waals surface area contributed by atoms with E-state index in [2.05, 4.69) is 11.8 Å². The average Bonchev–Trinajstić information content (AvgIpc) is 2.18. The molecule has 0 heterocycles. The Morgan fingerprint density at radius 2 is 2.20 bits per heavy atom. The van der Waals surface area contributed by atoms with E-state index in [0.717, 1.165) is 18.7 Å². The minimum absolute atomic E-state index is 0.320. The summed E-state index contributed by atoms with van der Waals surface area (Å²) in [6.45, 7) is 3.65. The molecule has 1 aromatic rings. The van der Waals surface area contributed by atoms with Crippen LogP contribution in [0.4, 0.5) is 0 Å². The predicted octanol–water partition coefficient (Wildman–Crippen LogP) is 1.86. The normalized spacial score (nSPS) is 13.1. The summed E-state index contributed by atoms with van der Waals surface area (Å²) >= 11 is 0. The maximum absolute atomic E-state index is 9.32. The molecule has 0 radical (unpaired) electrons. The van der Waals surface area contributed by atoms with E-state index in [1.165, 1.54) is 0 Å². The smallest absolute Gasteiger partial charge is 0.115 e. The third-order valence-corrected chi connectivity index (χ3v) is 2.50. The molecule has 1 rings (SSSR count). The number of benzene rings is 1. The predicted molar refractivity (Wildman–Crippen MR) is 60.9 cm³/mol. The van der Waals surface area contributed by atoms with Crippen molar-refractivity contribution in [2.24, 2.45) is 0 Å². The van der Waals surface area contributed by atoms with Crippen molar-refractivity contribution < 1.29 is 9.84 Å². The lowest BCUT2D eigenvalue weighted by molar-refractivity contribution is 0.112. The molecular formula is C12H19NO2. The number of hydrogen-bond donors (Lipinski definition) is 1. The van der Waals surface area contributed by atoms with Gasteiger partial charge in [0.05, 0.1) is 6.61 Å². The van der Waals surface area contributed by atoms with Crippen molar-refractivity contribution in [3.8, 4) is 5.75 Å². The fourth-order valence-electron chi connectivity index (χ4n) is 1.47. The molecule has 1 N–H and O–H groups in total. The van der Waals surface area contributed by atoms with Gasteiger partial charge >= 0.3 is 0 Å². The van der Waals surface area contributed by atoms with Gasteiger partial charge in [-0.15, -0.1) is 0 Å². The van der Waals surface area contributed by atoms with Crippen LogP contribution in [0.3, 0.4) is 0 Å². The van der Waals surface area contributed by atoms with Crippen LogP contribution in [0.1, 0.15) is 12.5 Å². The Morgan fingerprint density at radius 1 is 1.47 bits per heavy atom. The number of ether oxygens (including phenoxy) is 1. The second-order valence-corrected chi connectivity index (χ2v) is 3.89. The van der Waals surface area contributed by atoms with Crippen molar-refractivity contribution in [2.75, 3.05) is 20.8 Å². The van der Waals surface area contributed by atoms with Crippen LogP contribution in [-0.4, -0.2) is 36.8 Å². The van der Waals surface area contributed by atoms with Crippen LogP contribution in [0, 0.1) is 0 Å². The maximum Gasteiger partial charge on any atom is 0.115 e. The Balaban J connectivity index is 2.54. The van der Waals surface area contributed by atoms with Crippen LogP contribution in [-0.2, 0) is 11.3 Å². The minimum atomic E-state index is 0.320. The van der Waals surface area contributed by atoms with Gasteiger partial charge in [-0.3, -0.25) is 4.90 Å². The molecule has 3 nitrogen and oxygen atoms in total. The van der Waals surface area contributed by atoms with Crippen LogP contribution >= 0.6 is 0 Å². The lowest BCUT2D eigenvalue weighted by Gasteiger charge is -2.23. The number of phenolic OH excluding ortho intramolecular Hbond substituents is 1. The highest BCUT2D eigenvalue weighted by Gasteiger charge is 2.08. The molecule has 0 fully saturated rings. The Bertz CT molecular complexity index is 301. The highest BCUT2D eigenvalue weighted by atomic mass is 16.5. The Kier molecular flexibility index (Phi) is 4.59. The van der Waals surface area contributed by atoms with Gasteiger partial charge < -0.3 is 9.84 Å². The highest BCUT2D eigenvalue weighted by molar-refractivity contribution is 5.26. The van der Waals surface area contributed by atoms with Gasteiger partial charge in [0.15, 0.2) is 0 Å². The zero-order chi connectivity index (χ0) is 11.3. The van der Waals surface area contributed by atoms with Gasteiger partial charge in [0.25, 0.3) is 0 Å². The first kappa shape index (κ1) is 12.0. The van der Waals surface area contributed by atoms with Crippen LogP contribution in [0.2, 0.25) is 0 Å². The van der Waals surface area contributed by atoms with E-state index in [4.69, 9.17) is 4.74 Å².